The third-order valence-electron chi connectivity index (χ3n) is 5.70. The van der Waals surface area contributed by atoms with Gasteiger partial charge >= 0.3 is 0 Å². The van der Waals surface area contributed by atoms with Crippen molar-refractivity contribution in [2.24, 2.45) is 0 Å². The number of aromatic nitrogens is 4. The van der Waals surface area contributed by atoms with Crippen molar-refractivity contribution in [1.29, 1.82) is 0 Å². The van der Waals surface area contributed by atoms with Crippen LogP contribution in [0, 0.1) is 0 Å². The van der Waals surface area contributed by atoms with Crippen LogP contribution in [0.2, 0.25) is 5.02 Å². The van der Waals surface area contributed by atoms with E-state index in [2.05, 4.69) is 15.7 Å². The molecule has 1 aliphatic rings. The molecule has 0 unspecified atom stereocenters. The first-order valence-corrected chi connectivity index (χ1v) is 11.2. The topological polar surface area (TPSA) is 67.7 Å². The largest absolute Gasteiger partial charge is 0.351 e. The zero-order chi connectivity index (χ0) is 21.0. The zero-order valence-electron chi connectivity index (χ0n) is 17.3. The summed E-state index contributed by atoms with van der Waals surface area (Å²) in [5.74, 6) is 1.34. The second-order valence-corrected chi connectivity index (χ2v) is 8.43. The summed E-state index contributed by atoms with van der Waals surface area (Å²) in [5, 5.41) is 13.1. The van der Waals surface area contributed by atoms with Crippen molar-refractivity contribution in [2.45, 2.75) is 44.6 Å². The van der Waals surface area contributed by atoms with Crippen molar-refractivity contribution in [3.8, 4) is 5.69 Å². The molecule has 2 heterocycles. The van der Waals surface area contributed by atoms with Gasteiger partial charge in [-0.25, -0.2) is 4.68 Å². The summed E-state index contributed by atoms with van der Waals surface area (Å²) in [7, 11) is 0. The molecule has 5 rings (SSSR count). The predicted molar refractivity (Wildman–Crippen MR) is 127 cm³/mol. The van der Waals surface area contributed by atoms with Crippen LogP contribution in [0.25, 0.3) is 16.7 Å². The lowest BCUT2D eigenvalue weighted by molar-refractivity contribution is 0.615. The second-order valence-electron chi connectivity index (χ2n) is 7.99. The normalized spacial score (nSPS) is 15.0. The van der Waals surface area contributed by atoms with Crippen LogP contribution in [0.5, 0.6) is 0 Å². The molecule has 158 valence electrons. The minimum atomic E-state index is 0.395. The molecule has 31 heavy (non-hydrogen) atoms. The van der Waals surface area contributed by atoms with Gasteiger partial charge in [-0.05, 0) is 43.2 Å². The number of hydrogen-bond acceptors (Lipinski definition) is 5. The number of para-hydroxylation sites is 1. The van der Waals surface area contributed by atoms with Gasteiger partial charge in [0.25, 0.3) is 0 Å². The highest BCUT2D eigenvalue weighted by Crippen LogP contribution is 2.29. The molecule has 0 bridgehead atoms. The van der Waals surface area contributed by atoms with Gasteiger partial charge in [-0.1, -0.05) is 61.5 Å². The van der Waals surface area contributed by atoms with Crippen molar-refractivity contribution in [1.82, 2.24) is 19.7 Å². The summed E-state index contributed by atoms with van der Waals surface area (Å²) < 4.78 is 1.86. The Morgan fingerprint density at radius 1 is 0.903 bits per heavy atom. The van der Waals surface area contributed by atoms with Gasteiger partial charge in [0.1, 0.15) is 5.82 Å². The maximum atomic E-state index is 6.19. The lowest BCUT2D eigenvalue weighted by Crippen LogP contribution is -2.20. The minimum absolute atomic E-state index is 0.395. The number of nitrogens with zero attached hydrogens (tertiary/aromatic N) is 4. The monoisotopic (exact) mass is 432 g/mol. The SMILES string of the molecule is Clc1cccc(Nc2nc(NC3CCCCCC3)nc3c2cnn3-c2ccccc2)c1. The van der Waals surface area contributed by atoms with Gasteiger partial charge in [-0.3, -0.25) is 0 Å². The Morgan fingerprint density at radius 3 is 2.48 bits per heavy atom. The molecule has 2 aromatic heterocycles. The van der Waals surface area contributed by atoms with E-state index in [9.17, 15) is 0 Å². The van der Waals surface area contributed by atoms with E-state index in [1.807, 2.05) is 65.5 Å². The van der Waals surface area contributed by atoms with E-state index < -0.39 is 0 Å². The summed E-state index contributed by atoms with van der Waals surface area (Å²) in [5.41, 5.74) is 2.60. The van der Waals surface area contributed by atoms with Crippen molar-refractivity contribution in [2.75, 3.05) is 10.6 Å². The molecule has 0 saturated heterocycles. The summed E-state index contributed by atoms with van der Waals surface area (Å²) in [6.45, 7) is 0. The molecule has 7 heteroatoms. The van der Waals surface area contributed by atoms with Crippen molar-refractivity contribution >= 4 is 40.1 Å². The van der Waals surface area contributed by atoms with Crippen LogP contribution in [0.4, 0.5) is 17.5 Å². The fourth-order valence-electron chi connectivity index (χ4n) is 4.14. The molecule has 1 aliphatic carbocycles. The van der Waals surface area contributed by atoms with E-state index in [0.29, 0.717) is 22.8 Å². The van der Waals surface area contributed by atoms with E-state index in [-0.39, 0.29) is 0 Å². The van der Waals surface area contributed by atoms with Crippen LogP contribution in [0.15, 0.2) is 60.8 Å². The van der Waals surface area contributed by atoms with Crippen LogP contribution < -0.4 is 10.6 Å². The number of benzene rings is 2. The third kappa shape index (κ3) is 4.49. The Labute approximate surface area is 186 Å². The quantitative estimate of drug-likeness (QED) is 0.360. The molecule has 1 saturated carbocycles. The van der Waals surface area contributed by atoms with E-state index >= 15 is 0 Å². The van der Waals surface area contributed by atoms with Gasteiger partial charge in [-0.15, -0.1) is 0 Å². The Balaban J connectivity index is 1.57. The number of halogens is 1. The molecule has 6 nitrogen and oxygen atoms in total. The third-order valence-corrected chi connectivity index (χ3v) is 5.94. The fourth-order valence-corrected chi connectivity index (χ4v) is 4.33. The molecule has 2 aromatic carbocycles. The van der Waals surface area contributed by atoms with Gasteiger partial charge in [-0.2, -0.15) is 15.1 Å². The number of fused-ring (bicyclic) bond motifs is 1. The second kappa shape index (κ2) is 8.94. The Bertz CT molecular complexity index is 1170. The first-order valence-electron chi connectivity index (χ1n) is 10.9. The van der Waals surface area contributed by atoms with Gasteiger partial charge in [0.15, 0.2) is 5.65 Å². The Hall–Kier alpha value is -3.12. The molecule has 0 amide bonds. The smallest absolute Gasteiger partial charge is 0.226 e. The van der Waals surface area contributed by atoms with E-state index in [1.54, 1.807) is 0 Å². The maximum Gasteiger partial charge on any atom is 0.226 e. The van der Waals surface area contributed by atoms with Crippen LogP contribution >= 0.6 is 11.6 Å². The molecule has 1 fully saturated rings. The summed E-state index contributed by atoms with van der Waals surface area (Å²) in [4.78, 5) is 9.70. The van der Waals surface area contributed by atoms with Crippen LogP contribution in [0.3, 0.4) is 0 Å². The number of nitrogens with one attached hydrogen (secondary N) is 2. The number of hydrogen-bond donors (Lipinski definition) is 2. The number of anilines is 3. The lowest BCUT2D eigenvalue weighted by Gasteiger charge is -2.17. The van der Waals surface area contributed by atoms with Gasteiger partial charge in [0, 0.05) is 16.8 Å². The fraction of sp³-hybridized carbons (Fsp3) is 0.292. The molecule has 0 atom stereocenters. The Kier molecular flexibility index (Phi) is 5.71. The molecule has 0 aliphatic heterocycles. The summed E-state index contributed by atoms with van der Waals surface area (Å²) in [6.07, 6.45) is 9.21. The summed E-state index contributed by atoms with van der Waals surface area (Å²) >= 11 is 6.19. The zero-order valence-corrected chi connectivity index (χ0v) is 18.0. The van der Waals surface area contributed by atoms with Crippen LogP contribution in [-0.4, -0.2) is 25.8 Å². The first-order chi connectivity index (χ1) is 15.3. The van der Waals surface area contributed by atoms with Crippen LogP contribution in [0.1, 0.15) is 38.5 Å². The van der Waals surface area contributed by atoms with Gasteiger partial charge in [0.2, 0.25) is 5.95 Å². The molecular weight excluding hydrogens is 408 g/mol. The summed E-state index contributed by atoms with van der Waals surface area (Å²) in [6, 6.07) is 18.1. The highest BCUT2D eigenvalue weighted by Gasteiger charge is 2.18. The van der Waals surface area contributed by atoms with Crippen molar-refractivity contribution < 1.29 is 0 Å². The molecule has 2 N–H and O–H groups in total. The average molecular weight is 433 g/mol. The van der Waals surface area contributed by atoms with Gasteiger partial charge < -0.3 is 10.6 Å². The molecule has 4 aromatic rings. The lowest BCUT2D eigenvalue weighted by atomic mass is 10.1. The van der Waals surface area contributed by atoms with E-state index in [4.69, 9.17) is 21.6 Å². The van der Waals surface area contributed by atoms with Crippen molar-refractivity contribution in [3.05, 3.63) is 65.8 Å². The van der Waals surface area contributed by atoms with E-state index in [1.165, 1.54) is 25.7 Å². The van der Waals surface area contributed by atoms with E-state index in [0.717, 1.165) is 35.2 Å². The molecular formula is C24H25ClN6. The molecule has 0 radical (unpaired) electrons. The van der Waals surface area contributed by atoms with Crippen molar-refractivity contribution in [3.63, 3.8) is 0 Å². The highest BCUT2D eigenvalue weighted by molar-refractivity contribution is 6.30. The standard InChI is InChI=1S/C24H25ClN6/c25-17-9-8-12-19(15-17)27-22-21-16-26-31(20-13-6-3-7-14-20)23(21)30-24(29-22)28-18-10-4-1-2-5-11-18/h3,6-9,12-16,18H,1-2,4-5,10-11H2,(H2,27,28,29,30). The highest BCUT2D eigenvalue weighted by atomic mass is 35.5. The number of rotatable bonds is 5. The minimum Gasteiger partial charge on any atom is -0.351 e. The average Bonchev–Trinajstić information content (AvgIpc) is 3.04. The molecule has 0 spiro atoms. The maximum absolute atomic E-state index is 6.19. The van der Waals surface area contributed by atoms with Gasteiger partial charge in [0.05, 0.1) is 17.3 Å². The Morgan fingerprint density at radius 2 is 1.71 bits per heavy atom. The van der Waals surface area contributed by atoms with Crippen LogP contribution in [-0.2, 0) is 0 Å². The first kappa shape index (κ1) is 19.8. The predicted octanol–water partition coefficient (Wildman–Crippen LogP) is 6.35.